The second-order valence-corrected chi connectivity index (χ2v) is 6.38. The van der Waals surface area contributed by atoms with Gasteiger partial charge in [0.2, 0.25) is 11.8 Å². The molecule has 5 heteroatoms. The number of hydrogen-bond donors (Lipinski definition) is 3. The molecule has 0 aromatic rings. The molecule has 0 aromatic heterocycles. The summed E-state index contributed by atoms with van der Waals surface area (Å²) in [5.41, 5.74) is -0.366. The number of likely N-dealkylation sites (N-methyl/N-ethyl adjacent to an activating group) is 1. The molecule has 2 amide bonds. The lowest BCUT2D eigenvalue weighted by atomic mass is 9.83. The van der Waals surface area contributed by atoms with Gasteiger partial charge in [0.05, 0.1) is 12.0 Å². The van der Waals surface area contributed by atoms with E-state index in [2.05, 4.69) is 10.6 Å². The quantitative estimate of drug-likeness (QED) is 0.710. The number of carbonyl (C=O) groups excluding carboxylic acids is 2. The molecule has 1 rings (SSSR count). The highest BCUT2D eigenvalue weighted by Gasteiger charge is 2.36. The maximum Gasteiger partial charge on any atom is 0.242 e. The van der Waals surface area contributed by atoms with Gasteiger partial charge in [0.15, 0.2) is 0 Å². The standard InChI is InChI=1S/C14H26N2O3/c1-14(2,3)11(13(19)15-4)16-12(18)9-7-5-6-8-10(9)17/h9-11,17H,5-8H2,1-4H3,(H,15,19)(H,16,18)/t9?,10?,11-/m1/s1. The first-order chi connectivity index (χ1) is 8.77. The Labute approximate surface area is 115 Å². The van der Waals surface area contributed by atoms with Crippen molar-refractivity contribution in [3.63, 3.8) is 0 Å². The second-order valence-electron chi connectivity index (χ2n) is 6.38. The van der Waals surface area contributed by atoms with Gasteiger partial charge in [-0.2, -0.15) is 0 Å². The van der Waals surface area contributed by atoms with Crippen molar-refractivity contribution in [3.05, 3.63) is 0 Å². The zero-order valence-corrected chi connectivity index (χ0v) is 12.3. The van der Waals surface area contributed by atoms with Crippen LogP contribution < -0.4 is 10.6 Å². The maximum atomic E-state index is 12.2. The molecule has 0 heterocycles. The summed E-state index contributed by atoms with van der Waals surface area (Å²) in [5, 5.41) is 15.3. The van der Waals surface area contributed by atoms with Crippen molar-refractivity contribution in [2.24, 2.45) is 11.3 Å². The Morgan fingerprint density at radius 2 is 1.79 bits per heavy atom. The van der Waals surface area contributed by atoms with Gasteiger partial charge in [-0.15, -0.1) is 0 Å². The van der Waals surface area contributed by atoms with E-state index in [0.717, 1.165) is 12.8 Å². The molecule has 2 unspecified atom stereocenters. The minimum Gasteiger partial charge on any atom is -0.392 e. The summed E-state index contributed by atoms with van der Waals surface area (Å²) in [6, 6.07) is -0.584. The number of aliphatic hydroxyl groups excluding tert-OH is 1. The molecule has 1 fully saturated rings. The van der Waals surface area contributed by atoms with E-state index in [1.807, 2.05) is 20.8 Å². The summed E-state index contributed by atoms with van der Waals surface area (Å²) in [6.45, 7) is 5.72. The Balaban J connectivity index is 2.73. The van der Waals surface area contributed by atoms with Crippen LogP contribution in [0.1, 0.15) is 46.5 Å². The Bertz CT molecular complexity index is 336. The Morgan fingerprint density at radius 3 is 2.26 bits per heavy atom. The maximum absolute atomic E-state index is 12.2. The lowest BCUT2D eigenvalue weighted by molar-refractivity contribution is -0.136. The fraction of sp³-hybridized carbons (Fsp3) is 0.857. The highest BCUT2D eigenvalue weighted by atomic mass is 16.3. The van der Waals surface area contributed by atoms with Gasteiger partial charge in [-0.1, -0.05) is 33.6 Å². The fourth-order valence-electron chi connectivity index (χ4n) is 2.49. The van der Waals surface area contributed by atoms with Gasteiger partial charge in [0.25, 0.3) is 0 Å². The zero-order valence-electron chi connectivity index (χ0n) is 12.3. The Kier molecular flexibility index (Phi) is 5.35. The molecule has 5 nitrogen and oxygen atoms in total. The molecule has 0 bridgehead atoms. The molecule has 0 radical (unpaired) electrons. The first-order valence-corrected chi connectivity index (χ1v) is 6.97. The SMILES string of the molecule is CNC(=O)[C@@H](NC(=O)C1CCCCC1O)C(C)(C)C. The smallest absolute Gasteiger partial charge is 0.242 e. The third kappa shape index (κ3) is 4.20. The van der Waals surface area contributed by atoms with Crippen molar-refractivity contribution >= 4 is 11.8 Å². The third-order valence-corrected chi connectivity index (χ3v) is 3.73. The predicted octanol–water partition coefficient (Wildman–Crippen LogP) is 0.814. The molecule has 0 aliphatic heterocycles. The van der Waals surface area contributed by atoms with E-state index in [1.54, 1.807) is 7.05 Å². The number of aliphatic hydroxyl groups is 1. The molecule has 1 aliphatic rings. The van der Waals surface area contributed by atoms with E-state index in [0.29, 0.717) is 12.8 Å². The van der Waals surface area contributed by atoms with Gasteiger partial charge in [-0.05, 0) is 18.3 Å². The molecular formula is C14H26N2O3. The topological polar surface area (TPSA) is 78.4 Å². The molecule has 110 valence electrons. The minimum atomic E-state index is -0.584. The zero-order chi connectivity index (χ0) is 14.6. The van der Waals surface area contributed by atoms with Gasteiger partial charge in [0, 0.05) is 7.05 Å². The van der Waals surface area contributed by atoms with Crippen molar-refractivity contribution in [1.29, 1.82) is 0 Å². The van der Waals surface area contributed by atoms with Crippen LogP contribution in [0.5, 0.6) is 0 Å². The number of nitrogens with one attached hydrogen (secondary N) is 2. The average molecular weight is 270 g/mol. The predicted molar refractivity (Wildman–Crippen MR) is 73.4 cm³/mol. The second kappa shape index (κ2) is 6.37. The summed E-state index contributed by atoms with van der Waals surface area (Å²) in [6.07, 6.45) is 2.69. The molecule has 3 atom stereocenters. The first kappa shape index (κ1) is 16.0. The highest BCUT2D eigenvalue weighted by molar-refractivity contribution is 5.89. The van der Waals surface area contributed by atoms with Crippen LogP contribution in [-0.4, -0.2) is 36.1 Å². The van der Waals surface area contributed by atoms with Crippen LogP contribution in [0.15, 0.2) is 0 Å². The molecule has 0 saturated heterocycles. The minimum absolute atomic E-state index is 0.203. The van der Waals surface area contributed by atoms with Crippen LogP contribution in [0, 0.1) is 11.3 Å². The van der Waals surface area contributed by atoms with E-state index < -0.39 is 12.1 Å². The van der Waals surface area contributed by atoms with Crippen molar-refractivity contribution in [2.45, 2.75) is 58.6 Å². The molecule has 1 aliphatic carbocycles. The van der Waals surface area contributed by atoms with E-state index in [-0.39, 0.29) is 23.1 Å². The van der Waals surface area contributed by atoms with Gasteiger partial charge in [-0.3, -0.25) is 9.59 Å². The summed E-state index contributed by atoms with van der Waals surface area (Å²) in [5.74, 6) is -0.801. The molecular weight excluding hydrogens is 244 g/mol. The van der Waals surface area contributed by atoms with E-state index in [9.17, 15) is 14.7 Å². The largest absolute Gasteiger partial charge is 0.392 e. The molecule has 0 aromatic carbocycles. The molecule has 1 saturated carbocycles. The van der Waals surface area contributed by atoms with Crippen LogP contribution in [0.25, 0.3) is 0 Å². The van der Waals surface area contributed by atoms with Gasteiger partial charge in [0.1, 0.15) is 6.04 Å². The summed E-state index contributed by atoms with van der Waals surface area (Å²) in [4.78, 5) is 24.1. The summed E-state index contributed by atoms with van der Waals surface area (Å²) in [7, 11) is 1.56. The van der Waals surface area contributed by atoms with Gasteiger partial charge >= 0.3 is 0 Å². The number of carbonyl (C=O) groups is 2. The average Bonchev–Trinajstić information content (AvgIpc) is 2.34. The van der Waals surface area contributed by atoms with Crippen molar-refractivity contribution in [3.8, 4) is 0 Å². The normalized spacial score (nSPS) is 25.5. The van der Waals surface area contributed by atoms with E-state index >= 15 is 0 Å². The van der Waals surface area contributed by atoms with Crippen molar-refractivity contribution < 1.29 is 14.7 Å². The molecule has 19 heavy (non-hydrogen) atoms. The highest BCUT2D eigenvalue weighted by Crippen LogP contribution is 2.26. The van der Waals surface area contributed by atoms with Crippen LogP contribution in [0.3, 0.4) is 0 Å². The monoisotopic (exact) mass is 270 g/mol. The summed E-state index contributed by atoms with van der Waals surface area (Å²) < 4.78 is 0. The molecule has 3 N–H and O–H groups in total. The lowest BCUT2D eigenvalue weighted by Gasteiger charge is -2.33. The number of rotatable bonds is 3. The van der Waals surface area contributed by atoms with Gasteiger partial charge < -0.3 is 15.7 Å². The van der Waals surface area contributed by atoms with Gasteiger partial charge in [-0.25, -0.2) is 0 Å². The van der Waals surface area contributed by atoms with E-state index in [4.69, 9.17) is 0 Å². The first-order valence-electron chi connectivity index (χ1n) is 6.97. The number of hydrogen-bond acceptors (Lipinski definition) is 3. The Morgan fingerprint density at radius 1 is 1.21 bits per heavy atom. The summed E-state index contributed by atoms with van der Waals surface area (Å²) >= 11 is 0. The van der Waals surface area contributed by atoms with E-state index in [1.165, 1.54) is 0 Å². The van der Waals surface area contributed by atoms with Crippen LogP contribution >= 0.6 is 0 Å². The van der Waals surface area contributed by atoms with Crippen LogP contribution in [-0.2, 0) is 9.59 Å². The fourth-order valence-corrected chi connectivity index (χ4v) is 2.49. The van der Waals surface area contributed by atoms with Crippen LogP contribution in [0.2, 0.25) is 0 Å². The van der Waals surface area contributed by atoms with Crippen LogP contribution in [0.4, 0.5) is 0 Å². The Hall–Kier alpha value is -1.10. The molecule has 0 spiro atoms. The lowest BCUT2D eigenvalue weighted by Crippen LogP contribution is -2.55. The third-order valence-electron chi connectivity index (χ3n) is 3.73. The number of amides is 2. The van der Waals surface area contributed by atoms with Crippen molar-refractivity contribution in [2.75, 3.05) is 7.05 Å². The van der Waals surface area contributed by atoms with Crippen molar-refractivity contribution in [1.82, 2.24) is 10.6 Å².